The van der Waals surface area contributed by atoms with Gasteiger partial charge in [0.1, 0.15) is 17.2 Å². The molecule has 0 fully saturated rings. The van der Waals surface area contributed by atoms with Crippen molar-refractivity contribution in [3.8, 4) is 5.82 Å². The summed E-state index contributed by atoms with van der Waals surface area (Å²) in [5.74, 6) is -4.81. The van der Waals surface area contributed by atoms with E-state index in [0.717, 1.165) is 4.57 Å². The Kier molecular flexibility index (Phi) is 5.42. The molecule has 0 unspecified atom stereocenters. The Morgan fingerprint density at radius 1 is 1.10 bits per heavy atom. The van der Waals surface area contributed by atoms with E-state index < -0.39 is 40.8 Å². The van der Waals surface area contributed by atoms with Gasteiger partial charge in [-0.3, -0.25) is 20.2 Å². The maximum Gasteiger partial charge on any atom is 0.417 e. The second kappa shape index (κ2) is 7.66. The van der Waals surface area contributed by atoms with E-state index in [0.29, 0.717) is 24.4 Å². The molecule has 29 heavy (non-hydrogen) atoms. The first-order chi connectivity index (χ1) is 13.6. The minimum Gasteiger partial charge on any atom is -0.295 e. The van der Waals surface area contributed by atoms with Crippen molar-refractivity contribution in [2.45, 2.75) is 6.18 Å². The van der Waals surface area contributed by atoms with E-state index in [2.05, 4.69) is 4.98 Å². The van der Waals surface area contributed by atoms with Crippen molar-refractivity contribution >= 4 is 23.2 Å². The summed E-state index contributed by atoms with van der Waals surface area (Å²) in [5, 5.41) is -0.381. The molecule has 0 radical (unpaired) electrons. The number of carbonyl (C=O) groups excluding carboxylic acids is 1. The zero-order chi connectivity index (χ0) is 21.3. The summed E-state index contributed by atoms with van der Waals surface area (Å²) in [6.07, 6.45) is -2.81. The van der Waals surface area contributed by atoms with Crippen LogP contribution in [0.15, 0.2) is 42.7 Å². The van der Waals surface area contributed by atoms with E-state index in [9.17, 15) is 31.1 Å². The smallest absolute Gasteiger partial charge is 0.295 e. The zero-order valence-corrected chi connectivity index (χ0v) is 14.7. The Hall–Kier alpha value is -3.21. The van der Waals surface area contributed by atoms with E-state index in [-0.39, 0.29) is 16.5 Å². The lowest BCUT2D eigenvalue weighted by molar-refractivity contribution is -0.137. The van der Waals surface area contributed by atoms with Gasteiger partial charge in [-0.05, 0) is 18.2 Å². The molecule has 3 aromatic rings. The first-order valence-corrected chi connectivity index (χ1v) is 8.07. The van der Waals surface area contributed by atoms with Crippen LogP contribution in [0.1, 0.15) is 16.1 Å². The third kappa shape index (κ3) is 4.29. The minimum absolute atomic E-state index is 0.158. The van der Waals surface area contributed by atoms with Gasteiger partial charge in [0.25, 0.3) is 5.91 Å². The molecule has 1 amide bonds. The maximum atomic E-state index is 13.6. The Labute approximate surface area is 163 Å². The molecule has 0 aliphatic heterocycles. The first-order valence-electron chi connectivity index (χ1n) is 7.69. The van der Waals surface area contributed by atoms with Crippen LogP contribution in [0, 0.1) is 17.5 Å². The predicted octanol–water partition coefficient (Wildman–Crippen LogP) is 4.72. The fraction of sp³-hybridized carbons (Fsp3) is 0.0588. The summed E-state index contributed by atoms with van der Waals surface area (Å²) < 4.78 is 79.5. The molecule has 5 nitrogen and oxygen atoms in total. The fourth-order valence-corrected chi connectivity index (χ4v) is 2.62. The van der Waals surface area contributed by atoms with Crippen LogP contribution in [0.3, 0.4) is 0 Å². The number of benzene rings is 1. The average molecular weight is 435 g/mol. The van der Waals surface area contributed by atoms with Crippen LogP contribution in [0.25, 0.3) is 5.82 Å². The number of hydrogen-bond acceptors (Lipinski definition) is 3. The number of hydrazine groups is 1. The number of aromatic nitrogens is 2. The van der Waals surface area contributed by atoms with E-state index in [1.807, 2.05) is 10.9 Å². The highest BCUT2D eigenvalue weighted by atomic mass is 35.5. The van der Waals surface area contributed by atoms with Crippen LogP contribution in [0.5, 0.6) is 0 Å². The standard InChI is InChI=1S/C17H9ClF6N4O/c18-10-4-8(17(22,23)24)7-25-15(10)28-3-1-2-13(28)16(29)27-26-14-11(20)5-9(19)6-12(14)21/h1-7,26H,(H,27,29). The van der Waals surface area contributed by atoms with Gasteiger partial charge in [-0.25, -0.2) is 18.2 Å². The topological polar surface area (TPSA) is 59.0 Å². The number of nitrogens with zero attached hydrogens (tertiary/aromatic N) is 2. The number of rotatable bonds is 4. The van der Waals surface area contributed by atoms with Crippen LogP contribution in [-0.2, 0) is 6.18 Å². The molecule has 0 aliphatic rings. The molecule has 12 heteroatoms. The second-order valence-electron chi connectivity index (χ2n) is 5.61. The third-order valence-corrected chi connectivity index (χ3v) is 3.94. The largest absolute Gasteiger partial charge is 0.417 e. The Bertz CT molecular complexity index is 1060. The number of nitrogens with one attached hydrogen (secondary N) is 2. The normalized spacial score (nSPS) is 11.4. The van der Waals surface area contributed by atoms with Gasteiger partial charge in [0.2, 0.25) is 0 Å². The fourth-order valence-electron chi connectivity index (χ4n) is 2.36. The number of halogens is 7. The molecule has 2 N–H and O–H groups in total. The molecule has 2 heterocycles. The molecule has 152 valence electrons. The van der Waals surface area contributed by atoms with E-state index in [4.69, 9.17) is 11.6 Å². The van der Waals surface area contributed by atoms with E-state index in [1.54, 1.807) is 0 Å². The Balaban J connectivity index is 1.84. The number of alkyl halides is 3. The number of amides is 1. The summed E-state index contributed by atoms with van der Waals surface area (Å²) in [5.41, 5.74) is 1.96. The van der Waals surface area contributed by atoms with Gasteiger partial charge >= 0.3 is 6.18 Å². The van der Waals surface area contributed by atoms with Crippen molar-refractivity contribution in [1.82, 2.24) is 15.0 Å². The predicted molar refractivity (Wildman–Crippen MR) is 91.0 cm³/mol. The third-order valence-electron chi connectivity index (χ3n) is 3.67. The number of carbonyl (C=O) groups is 1. The highest BCUT2D eigenvalue weighted by Gasteiger charge is 2.32. The van der Waals surface area contributed by atoms with Gasteiger partial charge in [-0.2, -0.15) is 13.2 Å². The monoisotopic (exact) mass is 434 g/mol. The molecule has 0 spiro atoms. The lowest BCUT2D eigenvalue weighted by Crippen LogP contribution is -2.32. The van der Waals surface area contributed by atoms with Gasteiger partial charge in [0.15, 0.2) is 17.5 Å². The highest BCUT2D eigenvalue weighted by Crippen LogP contribution is 2.32. The lowest BCUT2D eigenvalue weighted by atomic mass is 10.2. The Morgan fingerprint density at radius 3 is 2.34 bits per heavy atom. The molecule has 0 saturated heterocycles. The van der Waals surface area contributed by atoms with Crippen LogP contribution in [0.2, 0.25) is 5.02 Å². The summed E-state index contributed by atoms with van der Waals surface area (Å²) in [6.45, 7) is 0. The van der Waals surface area contributed by atoms with Crippen molar-refractivity contribution in [1.29, 1.82) is 0 Å². The molecule has 0 bridgehead atoms. The van der Waals surface area contributed by atoms with Crippen molar-refractivity contribution in [2.75, 3.05) is 5.43 Å². The molecule has 0 aliphatic carbocycles. The maximum absolute atomic E-state index is 13.6. The van der Waals surface area contributed by atoms with Crippen molar-refractivity contribution < 1.29 is 31.1 Å². The zero-order valence-electron chi connectivity index (χ0n) is 14.0. The van der Waals surface area contributed by atoms with Crippen LogP contribution in [0.4, 0.5) is 32.0 Å². The first kappa shape index (κ1) is 20.5. The highest BCUT2D eigenvalue weighted by molar-refractivity contribution is 6.32. The van der Waals surface area contributed by atoms with Crippen molar-refractivity contribution in [3.63, 3.8) is 0 Å². The van der Waals surface area contributed by atoms with Crippen LogP contribution in [-0.4, -0.2) is 15.5 Å². The number of pyridine rings is 1. The van der Waals surface area contributed by atoms with E-state index in [1.165, 1.54) is 18.3 Å². The van der Waals surface area contributed by atoms with Gasteiger partial charge in [0, 0.05) is 24.5 Å². The van der Waals surface area contributed by atoms with Crippen molar-refractivity contribution in [2.24, 2.45) is 0 Å². The molecule has 0 atom stereocenters. The summed E-state index contributed by atoms with van der Waals surface area (Å²) in [4.78, 5) is 16.0. The second-order valence-corrected chi connectivity index (χ2v) is 6.02. The van der Waals surface area contributed by atoms with Gasteiger partial charge in [-0.1, -0.05) is 11.6 Å². The lowest BCUT2D eigenvalue weighted by Gasteiger charge is -2.14. The summed E-state index contributed by atoms with van der Waals surface area (Å²) in [7, 11) is 0. The molecule has 1 aromatic carbocycles. The molecule has 3 rings (SSSR count). The van der Waals surface area contributed by atoms with Crippen molar-refractivity contribution in [3.05, 3.63) is 76.5 Å². The van der Waals surface area contributed by atoms with Crippen LogP contribution < -0.4 is 10.9 Å². The van der Waals surface area contributed by atoms with Crippen LogP contribution >= 0.6 is 11.6 Å². The quantitative estimate of drug-likeness (QED) is 0.461. The summed E-state index contributed by atoms with van der Waals surface area (Å²) >= 11 is 5.87. The van der Waals surface area contributed by atoms with Gasteiger partial charge in [-0.15, -0.1) is 0 Å². The molecular weight excluding hydrogens is 426 g/mol. The average Bonchev–Trinajstić information content (AvgIpc) is 3.09. The van der Waals surface area contributed by atoms with Gasteiger partial charge in [0.05, 0.1) is 10.6 Å². The molecular formula is C17H9ClF6N4O. The number of anilines is 1. The number of hydrogen-bond donors (Lipinski definition) is 2. The molecule has 2 aromatic heterocycles. The SMILES string of the molecule is O=C(NNc1c(F)cc(F)cc1F)c1cccn1-c1ncc(C(F)(F)F)cc1Cl. The Morgan fingerprint density at radius 2 is 1.76 bits per heavy atom. The van der Waals surface area contributed by atoms with Gasteiger partial charge < -0.3 is 0 Å². The summed E-state index contributed by atoms with van der Waals surface area (Å²) in [6, 6.07) is 4.11. The minimum atomic E-state index is -4.65. The molecule has 0 saturated carbocycles. The van der Waals surface area contributed by atoms with E-state index >= 15 is 0 Å².